The average Bonchev–Trinajstić information content (AvgIpc) is 2.49. The number of rotatable bonds is 5. The Labute approximate surface area is 122 Å². The molecule has 4 N–H and O–H groups in total. The van der Waals surface area contributed by atoms with Crippen LogP contribution >= 0.6 is 0 Å². The van der Waals surface area contributed by atoms with Crippen LogP contribution in [0.5, 0.6) is 0 Å². The van der Waals surface area contributed by atoms with E-state index >= 15 is 0 Å². The third kappa shape index (κ3) is 3.35. The molecule has 1 aromatic heterocycles. The minimum atomic E-state index is -0.773. The van der Waals surface area contributed by atoms with Crippen LogP contribution in [0.15, 0.2) is 36.5 Å². The number of amides is 1. The SMILES string of the molecule is CCCc1ccccc1NC(=O)c1ccnc(NN)c1F. The van der Waals surface area contributed by atoms with E-state index < -0.39 is 11.7 Å². The summed E-state index contributed by atoms with van der Waals surface area (Å²) in [6.07, 6.45) is 3.12. The largest absolute Gasteiger partial charge is 0.322 e. The molecule has 1 heterocycles. The summed E-state index contributed by atoms with van der Waals surface area (Å²) in [5.74, 6) is 3.68. The predicted molar refractivity (Wildman–Crippen MR) is 80.4 cm³/mol. The summed E-state index contributed by atoms with van der Waals surface area (Å²) >= 11 is 0. The van der Waals surface area contributed by atoms with E-state index in [1.807, 2.05) is 18.2 Å². The van der Waals surface area contributed by atoms with Gasteiger partial charge in [-0.1, -0.05) is 31.5 Å². The van der Waals surface area contributed by atoms with Gasteiger partial charge in [0.1, 0.15) is 0 Å². The highest BCUT2D eigenvalue weighted by Gasteiger charge is 2.16. The van der Waals surface area contributed by atoms with Crippen molar-refractivity contribution in [3.8, 4) is 0 Å². The summed E-state index contributed by atoms with van der Waals surface area (Å²) in [7, 11) is 0. The van der Waals surface area contributed by atoms with Crippen molar-refractivity contribution >= 4 is 17.4 Å². The first kappa shape index (κ1) is 14.9. The molecule has 0 unspecified atom stereocenters. The number of hydrazine groups is 1. The van der Waals surface area contributed by atoms with Gasteiger partial charge in [-0.25, -0.2) is 15.2 Å². The van der Waals surface area contributed by atoms with Crippen LogP contribution in [-0.4, -0.2) is 10.9 Å². The zero-order valence-electron chi connectivity index (χ0n) is 11.7. The Kier molecular flexibility index (Phi) is 4.84. The molecule has 2 rings (SSSR count). The quantitative estimate of drug-likeness (QED) is 0.584. The normalized spacial score (nSPS) is 10.2. The molecule has 21 heavy (non-hydrogen) atoms. The molecule has 0 atom stereocenters. The molecule has 2 aromatic rings. The van der Waals surface area contributed by atoms with Gasteiger partial charge in [-0.05, 0) is 24.1 Å². The number of nitrogen functional groups attached to an aromatic ring is 1. The second-order valence-electron chi connectivity index (χ2n) is 4.53. The van der Waals surface area contributed by atoms with Crippen LogP contribution in [0.3, 0.4) is 0 Å². The molecule has 110 valence electrons. The Bertz CT molecular complexity index is 645. The van der Waals surface area contributed by atoms with E-state index in [4.69, 9.17) is 5.84 Å². The van der Waals surface area contributed by atoms with Gasteiger partial charge in [0.25, 0.3) is 5.91 Å². The Morgan fingerprint density at radius 1 is 1.33 bits per heavy atom. The molecule has 0 aliphatic heterocycles. The first-order valence-corrected chi connectivity index (χ1v) is 6.67. The Morgan fingerprint density at radius 3 is 2.81 bits per heavy atom. The van der Waals surface area contributed by atoms with Crippen LogP contribution < -0.4 is 16.6 Å². The number of nitrogens with two attached hydrogens (primary N) is 1. The van der Waals surface area contributed by atoms with Crippen LogP contribution in [0, 0.1) is 5.82 Å². The van der Waals surface area contributed by atoms with E-state index in [1.54, 1.807) is 6.07 Å². The molecule has 0 radical (unpaired) electrons. The fourth-order valence-corrected chi connectivity index (χ4v) is 2.04. The summed E-state index contributed by atoms with van der Waals surface area (Å²) in [6.45, 7) is 2.06. The van der Waals surface area contributed by atoms with Crippen molar-refractivity contribution in [2.45, 2.75) is 19.8 Å². The van der Waals surface area contributed by atoms with Gasteiger partial charge in [-0.2, -0.15) is 0 Å². The van der Waals surface area contributed by atoms with Crippen LogP contribution in [0.1, 0.15) is 29.3 Å². The lowest BCUT2D eigenvalue weighted by molar-refractivity contribution is 0.102. The fraction of sp³-hybridized carbons (Fsp3) is 0.200. The minimum Gasteiger partial charge on any atom is -0.322 e. The van der Waals surface area contributed by atoms with Crippen molar-refractivity contribution in [2.24, 2.45) is 5.84 Å². The topological polar surface area (TPSA) is 80.0 Å². The predicted octanol–water partition coefficient (Wildman–Crippen LogP) is 2.71. The van der Waals surface area contributed by atoms with E-state index in [0.29, 0.717) is 5.69 Å². The second kappa shape index (κ2) is 6.81. The highest BCUT2D eigenvalue weighted by Crippen LogP contribution is 2.20. The third-order valence-corrected chi connectivity index (χ3v) is 3.06. The number of hydrogen-bond donors (Lipinski definition) is 3. The molecule has 6 heteroatoms. The van der Waals surface area contributed by atoms with Crippen molar-refractivity contribution in [3.63, 3.8) is 0 Å². The lowest BCUT2D eigenvalue weighted by Crippen LogP contribution is -2.18. The molecule has 1 aromatic carbocycles. The van der Waals surface area contributed by atoms with Crippen LogP contribution in [0.2, 0.25) is 0 Å². The molecular formula is C15H17FN4O. The minimum absolute atomic E-state index is 0.107. The number of carbonyl (C=O) groups excluding carboxylic acids is 1. The number of halogens is 1. The van der Waals surface area contributed by atoms with Gasteiger partial charge < -0.3 is 10.7 Å². The summed E-state index contributed by atoms with van der Waals surface area (Å²) in [4.78, 5) is 15.9. The van der Waals surface area contributed by atoms with Crippen molar-refractivity contribution in [2.75, 3.05) is 10.7 Å². The lowest BCUT2D eigenvalue weighted by atomic mass is 10.1. The molecule has 0 saturated carbocycles. The Hall–Kier alpha value is -2.47. The Morgan fingerprint density at radius 2 is 2.10 bits per heavy atom. The van der Waals surface area contributed by atoms with Crippen molar-refractivity contribution in [1.82, 2.24) is 4.98 Å². The molecule has 0 aliphatic rings. The zero-order chi connectivity index (χ0) is 15.2. The molecule has 0 aliphatic carbocycles. The molecule has 0 fully saturated rings. The molecule has 5 nitrogen and oxygen atoms in total. The number of benzene rings is 1. The maximum Gasteiger partial charge on any atom is 0.258 e. The molecule has 0 bridgehead atoms. The molecule has 1 amide bonds. The number of hydrogen-bond acceptors (Lipinski definition) is 4. The van der Waals surface area contributed by atoms with Crippen LogP contribution in [0.25, 0.3) is 0 Å². The van der Waals surface area contributed by atoms with Gasteiger partial charge in [0.15, 0.2) is 11.6 Å². The van der Waals surface area contributed by atoms with Crippen LogP contribution in [0.4, 0.5) is 15.9 Å². The first-order valence-electron chi connectivity index (χ1n) is 6.67. The number of anilines is 2. The van der Waals surface area contributed by atoms with Gasteiger partial charge in [-0.3, -0.25) is 4.79 Å². The van der Waals surface area contributed by atoms with Crippen molar-refractivity contribution < 1.29 is 9.18 Å². The number of pyridine rings is 1. The third-order valence-electron chi connectivity index (χ3n) is 3.06. The summed E-state index contributed by atoms with van der Waals surface area (Å²) in [6, 6.07) is 8.78. The van der Waals surface area contributed by atoms with Gasteiger partial charge in [0.2, 0.25) is 0 Å². The highest BCUT2D eigenvalue weighted by atomic mass is 19.1. The van der Waals surface area contributed by atoms with Crippen molar-refractivity contribution in [1.29, 1.82) is 0 Å². The first-order chi connectivity index (χ1) is 10.2. The van der Waals surface area contributed by atoms with Gasteiger partial charge in [0, 0.05) is 11.9 Å². The van der Waals surface area contributed by atoms with Crippen LogP contribution in [-0.2, 0) is 6.42 Å². The molecule has 0 spiro atoms. The monoisotopic (exact) mass is 288 g/mol. The summed E-state index contributed by atoms with van der Waals surface area (Å²) < 4.78 is 14.0. The number of carbonyl (C=O) groups is 1. The van der Waals surface area contributed by atoms with E-state index in [0.717, 1.165) is 18.4 Å². The average molecular weight is 288 g/mol. The smallest absolute Gasteiger partial charge is 0.258 e. The van der Waals surface area contributed by atoms with Gasteiger partial charge >= 0.3 is 0 Å². The fourth-order valence-electron chi connectivity index (χ4n) is 2.04. The van der Waals surface area contributed by atoms with E-state index in [-0.39, 0.29) is 11.4 Å². The number of para-hydroxylation sites is 1. The number of nitrogens with zero attached hydrogens (tertiary/aromatic N) is 1. The van der Waals surface area contributed by atoms with E-state index in [2.05, 4.69) is 22.7 Å². The summed E-state index contributed by atoms with van der Waals surface area (Å²) in [5.41, 5.74) is 3.71. The number of aryl methyl sites for hydroxylation is 1. The van der Waals surface area contributed by atoms with E-state index in [1.165, 1.54) is 12.3 Å². The van der Waals surface area contributed by atoms with Gasteiger partial charge in [-0.15, -0.1) is 0 Å². The molecular weight excluding hydrogens is 271 g/mol. The highest BCUT2D eigenvalue weighted by molar-refractivity contribution is 6.05. The second-order valence-corrected chi connectivity index (χ2v) is 4.53. The lowest BCUT2D eigenvalue weighted by Gasteiger charge is -2.11. The number of aromatic nitrogens is 1. The van der Waals surface area contributed by atoms with Crippen molar-refractivity contribution in [3.05, 3.63) is 53.5 Å². The van der Waals surface area contributed by atoms with E-state index in [9.17, 15) is 9.18 Å². The number of nitrogens with one attached hydrogen (secondary N) is 2. The zero-order valence-corrected chi connectivity index (χ0v) is 11.7. The maximum absolute atomic E-state index is 14.0. The van der Waals surface area contributed by atoms with Gasteiger partial charge in [0.05, 0.1) is 5.56 Å². The Balaban J connectivity index is 2.26. The standard InChI is InChI=1S/C15H17FN4O/c1-2-5-10-6-3-4-7-12(10)19-15(21)11-8-9-18-14(20-17)13(11)16/h3-4,6-9H,2,5,17H2,1H3,(H,18,20)(H,19,21). The molecule has 0 saturated heterocycles. The maximum atomic E-state index is 14.0. The summed E-state index contributed by atoms with van der Waals surface area (Å²) in [5, 5.41) is 2.73.